The van der Waals surface area contributed by atoms with Crippen molar-refractivity contribution >= 4 is 24.9 Å². The molecule has 0 bridgehead atoms. The molecule has 1 N–H and O–H groups in total. The van der Waals surface area contributed by atoms with E-state index in [-0.39, 0.29) is 7.92 Å². The molecule has 0 aliphatic heterocycles. The Hall–Kier alpha value is -1.66. The van der Waals surface area contributed by atoms with Crippen LogP contribution in [0.4, 0.5) is 0 Å². The quantitative estimate of drug-likeness (QED) is 0.304. The van der Waals surface area contributed by atoms with E-state index in [9.17, 15) is 0 Å². The van der Waals surface area contributed by atoms with E-state index in [1.807, 2.05) is 6.34 Å². The Morgan fingerprint density at radius 3 is 2.09 bits per heavy atom. The number of nitrogens with one attached hydrogen (secondary N) is 1. The molecule has 2 rings (SSSR count). The first-order chi connectivity index (χ1) is 11.4. The molecule has 3 heteroatoms. The van der Waals surface area contributed by atoms with Crippen LogP contribution in [0.3, 0.4) is 0 Å². The van der Waals surface area contributed by atoms with Gasteiger partial charge in [-0.2, -0.15) is 0 Å². The van der Waals surface area contributed by atoms with Gasteiger partial charge in [0.1, 0.15) is 0 Å². The Labute approximate surface area is 141 Å². The van der Waals surface area contributed by atoms with Gasteiger partial charge in [0.05, 0.1) is 6.34 Å². The average molecular weight is 326 g/mol. The van der Waals surface area contributed by atoms with Gasteiger partial charge in [-0.05, 0) is 37.5 Å². The molecule has 2 aromatic carbocycles. The summed E-state index contributed by atoms with van der Waals surface area (Å²) in [7, 11) is -0.275. The molecule has 0 aliphatic carbocycles. The van der Waals surface area contributed by atoms with Crippen molar-refractivity contribution in [1.29, 1.82) is 0 Å². The van der Waals surface area contributed by atoms with E-state index in [0.29, 0.717) is 0 Å². The minimum absolute atomic E-state index is 0.275. The lowest BCUT2D eigenvalue weighted by Gasteiger charge is -2.18. The van der Waals surface area contributed by atoms with Gasteiger partial charge in [-0.25, -0.2) is 0 Å². The molecule has 0 atom stereocenters. The molecule has 0 aliphatic rings. The van der Waals surface area contributed by atoms with Crippen molar-refractivity contribution in [2.45, 2.75) is 26.2 Å². The fraction of sp³-hybridized carbons (Fsp3) is 0.350. The molecule has 2 aromatic rings. The minimum atomic E-state index is -0.275. The molecule has 0 radical (unpaired) electrons. The molecule has 0 amide bonds. The van der Waals surface area contributed by atoms with Crippen LogP contribution in [-0.4, -0.2) is 25.6 Å². The van der Waals surface area contributed by atoms with Crippen LogP contribution in [0.15, 0.2) is 65.7 Å². The SMILES string of the molecule is CCCCNC=NCCCP(c1ccccc1)c1ccccc1. The molecule has 0 unspecified atom stereocenters. The summed E-state index contributed by atoms with van der Waals surface area (Å²) in [5.41, 5.74) is 0. The van der Waals surface area contributed by atoms with Gasteiger partial charge in [-0.15, -0.1) is 0 Å². The van der Waals surface area contributed by atoms with Crippen LogP contribution < -0.4 is 15.9 Å². The molecule has 122 valence electrons. The van der Waals surface area contributed by atoms with Gasteiger partial charge in [0, 0.05) is 13.1 Å². The van der Waals surface area contributed by atoms with Crippen LogP contribution in [0.2, 0.25) is 0 Å². The molecule has 2 nitrogen and oxygen atoms in total. The van der Waals surface area contributed by atoms with Crippen molar-refractivity contribution in [2.75, 3.05) is 19.3 Å². The van der Waals surface area contributed by atoms with E-state index < -0.39 is 0 Å². The highest BCUT2D eigenvalue weighted by molar-refractivity contribution is 7.73. The van der Waals surface area contributed by atoms with Crippen molar-refractivity contribution in [2.24, 2.45) is 4.99 Å². The first-order valence-corrected chi connectivity index (χ1v) is 10.0. The monoisotopic (exact) mass is 326 g/mol. The molecule has 0 fully saturated rings. The third-order valence-corrected chi connectivity index (χ3v) is 6.27. The Morgan fingerprint density at radius 1 is 0.913 bits per heavy atom. The largest absolute Gasteiger partial charge is 0.376 e. The zero-order valence-electron chi connectivity index (χ0n) is 14.0. The maximum absolute atomic E-state index is 4.48. The van der Waals surface area contributed by atoms with Crippen LogP contribution in [0, 0.1) is 0 Å². The fourth-order valence-electron chi connectivity index (χ4n) is 2.42. The predicted octanol–water partition coefficient (Wildman–Crippen LogP) is 3.93. The van der Waals surface area contributed by atoms with E-state index in [4.69, 9.17) is 0 Å². The van der Waals surface area contributed by atoms with E-state index in [1.54, 1.807) is 0 Å². The van der Waals surface area contributed by atoms with E-state index in [1.165, 1.54) is 29.6 Å². The van der Waals surface area contributed by atoms with E-state index in [0.717, 1.165) is 19.5 Å². The lowest BCUT2D eigenvalue weighted by Crippen LogP contribution is -2.15. The highest BCUT2D eigenvalue weighted by atomic mass is 31.1. The minimum Gasteiger partial charge on any atom is -0.376 e. The molecule has 0 saturated carbocycles. The Kier molecular flexibility index (Phi) is 8.43. The normalized spacial score (nSPS) is 11.2. The van der Waals surface area contributed by atoms with Gasteiger partial charge in [0.15, 0.2) is 0 Å². The Bertz CT molecular complexity index is 515. The van der Waals surface area contributed by atoms with Gasteiger partial charge in [0.2, 0.25) is 0 Å². The van der Waals surface area contributed by atoms with Crippen molar-refractivity contribution < 1.29 is 0 Å². The number of rotatable bonds is 10. The summed E-state index contributed by atoms with van der Waals surface area (Å²) in [6.45, 7) is 4.13. The van der Waals surface area contributed by atoms with Gasteiger partial charge >= 0.3 is 0 Å². The second-order valence-electron chi connectivity index (χ2n) is 5.52. The van der Waals surface area contributed by atoms with E-state index >= 15 is 0 Å². The summed E-state index contributed by atoms with van der Waals surface area (Å²) in [5, 5.41) is 6.17. The maximum Gasteiger partial charge on any atom is 0.0823 e. The number of hydrogen-bond donors (Lipinski definition) is 1. The highest BCUT2D eigenvalue weighted by Gasteiger charge is 2.12. The third kappa shape index (κ3) is 6.54. The smallest absolute Gasteiger partial charge is 0.0823 e. The molecular weight excluding hydrogens is 299 g/mol. The Morgan fingerprint density at radius 2 is 1.52 bits per heavy atom. The van der Waals surface area contributed by atoms with Crippen LogP contribution in [0.25, 0.3) is 0 Å². The first-order valence-electron chi connectivity index (χ1n) is 8.51. The number of unbranched alkanes of at least 4 members (excludes halogenated alkanes) is 1. The summed E-state index contributed by atoms with van der Waals surface area (Å²) in [6, 6.07) is 21.8. The molecule has 0 heterocycles. The number of hydrogen-bond acceptors (Lipinski definition) is 1. The summed E-state index contributed by atoms with van der Waals surface area (Å²) in [5.74, 6) is 0. The van der Waals surface area contributed by atoms with Crippen molar-refractivity contribution in [3.63, 3.8) is 0 Å². The van der Waals surface area contributed by atoms with E-state index in [2.05, 4.69) is 77.9 Å². The zero-order chi connectivity index (χ0) is 16.2. The topological polar surface area (TPSA) is 24.4 Å². The molecule has 23 heavy (non-hydrogen) atoms. The lowest BCUT2D eigenvalue weighted by molar-refractivity contribution is 0.758. The van der Waals surface area contributed by atoms with Gasteiger partial charge in [-0.3, -0.25) is 4.99 Å². The lowest BCUT2D eigenvalue weighted by atomic mass is 10.3. The fourth-order valence-corrected chi connectivity index (χ4v) is 4.75. The second kappa shape index (κ2) is 11.0. The standard InChI is InChI=1S/C20H27N2P/c1-2-3-15-21-18-22-16-10-17-23(19-11-6-4-7-12-19)20-13-8-5-9-14-20/h4-9,11-14,18H,2-3,10,15-17H2,1H3,(H,21,22). The zero-order valence-corrected chi connectivity index (χ0v) is 14.9. The summed E-state index contributed by atoms with van der Waals surface area (Å²) in [6.07, 6.45) is 6.62. The Balaban J connectivity index is 1.87. The van der Waals surface area contributed by atoms with Gasteiger partial charge in [-0.1, -0.05) is 74.0 Å². The maximum atomic E-state index is 4.48. The molecular formula is C20H27N2P. The average Bonchev–Trinajstić information content (AvgIpc) is 2.62. The van der Waals surface area contributed by atoms with Crippen LogP contribution >= 0.6 is 7.92 Å². The summed E-state index contributed by atoms with van der Waals surface area (Å²) in [4.78, 5) is 4.48. The van der Waals surface area contributed by atoms with Crippen LogP contribution in [-0.2, 0) is 0 Å². The molecule has 0 spiro atoms. The number of nitrogens with zero attached hydrogens (tertiary/aromatic N) is 1. The third-order valence-electron chi connectivity index (χ3n) is 3.66. The van der Waals surface area contributed by atoms with Crippen molar-refractivity contribution in [1.82, 2.24) is 5.32 Å². The van der Waals surface area contributed by atoms with Crippen LogP contribution in [0.1, 0.15) is 26.2 Å². The number of benzene rings is 2. The highest BCUT2D eigenvalue weighted by Crippen LogP contribution is 2.33. The number of aliphatic imine (C=N–C) groups is 1. The second-order valence-corrected chi connectivity index (χ2v) is 7.86. The predicted molar refractivity (Wildman–Crippen MR) is 105 cm³/mol. The van der Waals surface area contributed by atoms with Gasteiger partial charge in [0.25, 0.3) is 0 Å². The first kappa shape index (κ1) is 17.7. The molecule has 0 saturated heterocycles. The summed E-state index contributed by atoms with van der Waals surface area (Å²) >= 11 is 0. The summed E-state index contributed by atoms with van der Waals surface area (Å²) < 4.78 is 0. The molecule has 0 aromatic heterocycles. The van der Waals surface area contributed by atoms with Crippen molar-refractivity contribution in [3.05, 3.63) is 60.7 Å². The van der Waals surface area contributed by atoms with Crippen LogP contribution in [0.5, 0.6) is 0 Å². The van der Waals surface area contributed by atoms with Gasteiger partial charge < -0.3 is 5.32 Å². The van der Waals surface area contributed by atoms with Crippen molar-refractivity contribution in [3.8, 4) is 0 Å².